The maximum absolute atomic E-state index is 11.9. The molecular weight excluding hydrogens is 279 g/mol. The van der Waals surface area contributed by atoms with Gasteiger partial charge in [0.25, 0.3) is 0 Å². The van der Waals surface area contributed by atoms with E-state index in [1.807, 2.05) is 0 Å². The Morgan fingerprint density at radius 3 is 2.21 bits per heavy atom. The summed E-state index contributed by atoms with van der Waals surface area (Å²) in [5.41, 5.74) is 0. The van der Waals surface area contributed by atoms with Gasteiger partial charge in [-0.15, -0.1) is 0 Å². The second kappa shape index (κ2) is 3.80. The first kappa shape index (κ1) is 12.5. The number of Topliss-reactive ketones (excluding diaryl/α,β-unsaturated/α-hetero) is 1. The Morgan fingerprint density at radius 1 is 1.29 bits per heavy atom. The SMILES string of the molecule is C[C@H]1CC(=O)[C@@H](C)[C@](C)([Sn]([CH3])([CH3])[CH3])C1. The number of carbonyl (C=O) groups is 1. The van der Waals surface area contributed by atoms with E-state index in [1.165, 1.54) is 6.42 Å². The van der Waals surface area contributed by atoms with Crippen molar-refractivity contribution in [2.24, 2.45) is 11.8 Å². The molecule has 0 unspecified atom stereocenters. The Hall–Kier alpha value is 0.469. The van der Waals surface area contributed by atoms with E-state index < -0.39 is 18.4 Å². The van der Waals surface area contributed by atoms with Crippen molar-refractivity contribution >= 4 is 24.2 Å². The van der Waals surface area contributed by atoms with Crippen LogP contribution in [0.2, 0.25) is 18.2 Å². The molecule has 0 spiro atoms. The average Bonchev–Trinajstić information content (AvgIpc) is 1.97. The van der Waals surface area contributed by atoms with E-state index >= 15 is 0 Å². The molecule has 3 atom stereocenters. The van der Waals surface area contributed by atoms with E-state index in [-0.39, 0.29) is 0 Å². The zero-order valence-corrected chi connectivity index (χ0v) is 13.3. The van der Waals surface area contributed by atoms with Gasteiger partial charge in [-0.05, 0) is 0 Å². The summed E-state index contributed by atoms with van der Waals surface area (Å²) in [5.74, 6) is 1.44. The Balaban J connectivity index is 3.01. The van der Waals surface area contributed by atoms with E-state index in [0.717, 1.165) is 6.42 Å². The van der Waals surface area contributed by atoms with Crippen molar-refractivity contribution in [3.8, 4) is 0 Å². The second-order valence-corrected chi connectivity index (χ2v) is 22.5. The predicted molar refractivity (Wildman–Crippen MR) is 64.3 cm³/mol. The van der Waals surface area contributed by atoms with Crippen LogP contribution in [0.25, 0.3) is 0 Å². The standard InChI is InChI=1S/C9H15O.3CH3.Sn/c1-6-4-7(2)8(3)9(10)5-6;;;;/h6,8H,4-5H2,1-3H3;3*1H3;/t6-,8+;;;;/m1..../s1. The van der Waals surface area contributed by atoms with Gasteiger partial charge in [0.15, 0.2) is 0 Å². The maximum atomic E-state index is 11.9. The summed E-state index contributed by atoms with van der Waals surface area (Å²) < 4.78 is 0.378. The van der Waals surface area contributed by atoms with Gasteiger partial charge in [-0.2, -0.15) is 0 Å². The van der Waals surface area contributed by atoms with Crippen molar-refractivity contribution < 1.29 is 4.79 Å². The molecular formula is C12H24OSn. The van der Waals surface area contributed by atoms with Crippen molar-refractivity contribution in [2.75, 3.05) is 0 Å². The van der Waals surface area contributed by atoms with E-state index in [9.17, 15) is 4.79 Å². The number of hydrogen-bond donors (Lipinski definition) is 0. The van der Waals surface area contributed by atoms with Crippen LogP contribution >= 0.6 is 0 Å². The fourth-order valence-corrected chi connectivity index (χ4v) is 9.71. The molecule has 0 aromatic carbocycles. The zero-order valence-electron chi connectivity index (χ0n) is 10.5. The number of ketones is 1. The first-order valence-electron chi connectivity index (χ1n) is 5.71. The van der Waals surface area contributed by atoms with Gasteiger partial charge >= 0.3 is 92.7 Å². The first-order valence-corrected chi connectivity index (χ1v) is 15.7. The van der Waals surface area contributed by atoms with Gasteiger partial charge in [0.1, 0.15) is 0 Å². The van der Waals surface area contributed by atoms with Crippen LogP contribution in [0.1, 0.15) is 33.6 Å². The molecule has 0 heterocycles. The molecule has 0 N–H and O–H groups in total. The molecule has 1 fully saturated rings. The van der Waals surface area contributed by atoms with Crippen LogP contribution in [0.5, 0.6) is 0 Å². The monoisotopic (exact) mass is 304 g/mol. The fourth-order valence-electron chi connectivity index (χ4n) is 2.80. The minimum absolute atomic E-state index is 0.314. The van der Waals surface area contributed by atoms with E-state index in [0.29, 0.717) is 21.0 Å². The Labute approximate surface area is 92.5 Å². The second-order valence-electron chi connectivity index (χ2n) is 6.37. The molecule has 2 heteroatoms. The minimum atomic E-state index is -2.00. The van der Waals surface area contributed by atoms with Gasteiger partial charge in [-0.25, -0.2) is 0 Å². The van der Waals surface area contributed by atoms with Gasteiger partial charge in [-0.1, -0.05) is 0 Å². The van der Waals surface area contributed by atoms with Crippen LogP contribution in [0.4, 0.5) is 0 Å². The molecule has 0 bridgehead atoms. The molecule has 0 radical (unpaired) electrons. The summed E-state index contributed by atoms with van der Waals surface area (Å²) in [4.78, 5) is 19.3. The van der Waals surface area contributed by atoms with Crippen LogP contribution in [0.15, 0.2) is 0 Å². The number of rotatable bonds is 1. The molecule has 0 aromatic rings. The Morgan fingerprint density at radius 2 is 1.79 bits per heavy atom. The summed E-state index contributed by atoms with van der Waals surface area (Å²) in [6, 6.07) is 0. The summed E-state index contributed by atoms with van der Waals surface area (Å²) in [6.07, 6.45) is 2.10. The van der Waals surface area contributed by atoms with Crippen LogP contribution in [-0.2, 0) is 4.79 Å². The number of carbonyl (C=O) groups excluding carboxylic acids is 1. The molecule has 1 saturated carbocycles. The third-order valence-electron chi connectivity index (χ3n) is 4.47. The molecule has 1 aliphatic carbocycles. The quantitative estimate of drug-likeness (QED) is 0.675. The van der Waals surface area contributed by atoms with Crippen molar-refractivity contribution in [2.45, 2.75) is 51.9 Å². The number of hydrogen-bond acceptors (Lipinski definition) is 1. The molecule has 1 nitrogen and oxygen atoms in total. The van der Waals surface area contributed by atoms with Gasteiger partial charge in [0.2, 0.25) is 0 Å². The molecule has 1 aliphatic rings. The van der Waals surface area contributed by atoms with Gasteiger partial charge < -0.3 is 0 Å². The molecule has 82 valence electrons. The molecule has 0 saturated heterocycles. The molecule has 0 amide bonds. The van der Waals surface area contributed by atoms with Crippen LogP contribution in [0.3, 0.4) is 0 Å². The van der Waals surface area contributed by atoms with Gasteiger partial charge in [-0.3, -0.25) is 0 Å². The van der Waals surface area contributed by atoms with Crippen molar-refractivity contribution in [3.63, 3.8) is 0 Å². The van der Waals surface area contributed by atoms with Crippen LogP contribution in [-0.4, -0.2) is 24.2 Å². The third kappa shape index (κ3) is 2.02. The third-order valence-corrected chi connectivity index (χ3v) is 16.1. The Kier molecular flexibility index (Phi) is 3.40. The van der Waals surface area contributed by atoms with E-state index in [2.05, 4.69) is 35.6 Å². The molecule has 14 heavy (non-hydrogen) atoms. The van der Waals surface area contributed by atoms with Crippen molar-refractivity contribution in [1.29, 1.82) is 0 Å². The van der Waals surface area contributed by atoms with Crippen molar-refractivity contribution in [3.05, 3.63) is 0 Å². The topological polar surface area (TPSA) is 17.1 Å². The molecule has 0 aliphatic heterocycles. The summed E-state index contributed by atoms with van der Waals surface area (Å²) in [5, 5.41) is 0. The average molecular weight is 303 g/mol. The normalized spacial score (nSPS) is 40.0. The summed E-state index contributed by atoms with van der Waals surface area (Å²) in [7, 11) is 0. The van der Waals surface area contributed by atoms with Crippen molar-refractivity contribution in [1.82, 2.24) is 0 Å². The van der Waals surface area contributed by atoms with Crippen LogP contribution < -0.4 is 0 Å². The Bertz CT molecular complexity index is 241. The van der Waals surface area contributed by atoms with Crippen LogP contribution in [0, 0.1) is 11.8 Å². The van der Waals surface area contributed by atoms with E-state index in [1.54, 1.807) is 0 Å². The van der Waals surface area contributed by atoms with E-state index in [4.69, 9.17) is 0 Å². The fraction of sp³-hybridized carbons (Fsp3) is 0.917. The molecule has 0 aromatic heterocycles. The predicted octanol–water partition coefficient (Wildman–Crippen LogP) is 3.72. The summed E-state index contributed by atoms with van der Waals surface area (Å²) >= 11 is -2.00. The van der Waals surface area contributed by atoms with Gasteiger partial charge in [0, 0.05) is 0 Å². The molecule has 1 rings (SSSR count). The first-order chi connectivity index (χ1) is 6.18. The summed E-state index contributed by atoms with van der Waals surface area (Å²) in [6.45, 7) is 6.78. The van der Waals surface area contributed by atoms with Gasteiger partial charge in [0.05, 0.1) is 0 Å². The zero-order chi connectivity index (χ0) is 11.1.